The molecule has 1 N–H and O–H groups in total. The quantitative estimate of drug-likeness (QED) is 0.688. The first-order chi connectivity index (χ1) is 14.4. The highest BCUT2D eigenvalue weighted by Gasteiger charge is 2.10. The summed E-state index contributed by atoms with van der Waals surface area (Å²) >= 11 is 1.19. The summed E-state index contributed by atoms with van der Waals surface area (Å²) in [5.74, 6) is -0.326. The van der Waals surface area contributed by atoms with Crippen molar-refractivity contribution in [3.63, 3.8) is 0 Å². The normalized spacial score (nSPS) is 11.9. The van der Waals surface area contributed by atoms with Crippen molar-refractivity contribution in [2.75, 3.05) is 24.3 Å². The van der Waals surface area contributed by atoms with Gasteiger partial charge in [0.2, 0.25) is 5.91 Å². The zero-order valence-electron chi connectivity index (χ0n) is 17.0. The zero-order valence-corrected chi connectivity index (χ0v) is 17.9. The van der Waals surface area contributed by atoms with E-state index in [4.69, 9.17) is 5.26 Å². The van der Waals surface area contributed by atoms with Crippen LogP contribution in [0.2, 0.25) is 0 Å². The standard InChI is InChI=1S/C23H22N4O2S/c1-16-4-8-18(9-5-16)25-21(28)15-27-22(12-13-24)30-20(23(27)29)14-17-6-10-19(11-7-17)26(2)3/h4-12,14H,15H2,1-3H3,(H,25,28). The summed E-state index contributed by atoms with van der Waals surface area (Å²) in [6.07, 6.45) is 3.06. The van der Waals surface area contributed by atoms with Crippen LogP contribution < -0.4 is 25.0 Å². The molecule has 3 aromatic rings. The van der Waals surface area contributed by atoms with E-state index < -0.39 is 0 Å². The Morgan fingerprint density at radius 3 is 2.43 bits per heavy atom. The summed E-state index contributed by atoms with van der Waals surface area (Å²) in [6, 6.07) is 17.2. The van der Waals surface area contributed by atoms with Gasteiger partial charge >= 0.3 is 0 Å². The summed E-state index contributed by atoms with van der Waals surface area (Å²) in [4.78, 5) is 27.4. The average molecular weight is 419 g/mol. The Hall–Kier alpha value is -3.63. The fraction of sp³-hybridized carbons (Fsp3) is 0.174. The van der Waals surface area contributed by atoms with Crippen molar-refractivity contribution in [1.82, 2.24) is 4.57 Å². The Morgan fingerprint density at radius 2 is 1.83 bits per heavy atom. The van der Waals surface area contributed by atoms with Crippen LogP contribution in [0, 0.1) is 18.3 Å². The number of anilines is 2. The second kappa shape index (κ2) is 9.25. The third-order valence-corrected chi connectivity index (χ3v) is 5.53. The molecule has 0 spiro atoms. The average Bonchev–Trinajstić information content (AvgIpc) is 2.99. The molecule has 30 heavy (non-hydrogen) atoms. The van der Waals surface area contributed by atoms with E-state index in [1.807, 2.05) is 80.5 Å². The van der Waals surface area contributed by atoms with Crippen molar-refractivity contribution in [2.24, 2.45) is 0 Å². The van der Waals surface area contributed by atoms with Crippen molar-refractivity contribution in [2.45, 2.75) is 13.5 Å². The van der Waals surface area contributed by atoms with Crippen LogP contribution in [0.5, 0.6) is 0 Å². The van der Waals surface area contributed by atoms with Gasteiger partial charge in [0.15, 0.2) is 0 Å². The fourth-order valence-electron chi connectivity index (χ4n) is 2.85. The number of carbonyl (C=O) groups excluding carboxylic acids is 1. The molecule has 3 rings (SSSR count). The molecule has 0 bridgehead atoms. The molecule has 152 valence electrons. The molecule has 6 nitrogen and oxygen atoms in total. The third kappa shape index (κ3) is 5.04. The number of rotatable bonds is 5. The number of carbonyl (C=O) groups is 1. The number of thiazole rings is 1. The lowest BCUT2D eigenvalue weighted by Gasteiger charge is -2.11. The molecule has 0 aliphatic carbocycles. The van der Waals surface area contributed by atoms with Crippen molar-refractivity contribution < 1.29 is 4.79 Å². The minimum absolute atomic E-state index is 0.163. The molecule has 0 atom stereocenters. The zero-order chi connectivity index (χ0) is 21.7. The van der Waals surface area contributed by atoms with E-state index in [-0.39, 0.29) is 18.0 Å². The van der Waals surface area contributed by atoms with E-state index in [1.165, 1.54) is 22.0 Å². The summed E-state index contributed by atoms with van der Waals surface area (Å²) in [5, 5.41) is 11.9. The van der Waals surface area contributed by atoms with Crippen LogP contribution in [0.4, 0.5) is 11.4 Å². The van der Waals surface area contributed by atoms with Crippen molar-refractivity contribution in [3.8, 4) is 6.07 Å². The number of aryl methyl sites for hydroxylation is 1. The highest BCUT2D eigenvalue weighted by atomic mass is 32.1. The van der Waals surface area contributed by atoms with Crippen LogP contribution >= 0.6 is 11.3 Å². The van der Waals surface area contributed by atoms with Gasteiger partial charge in [-0.1, -0.05) is 29.8 Å². The largest absolute Gasteiger partial charge is 0.378 e. The number of nitriles is 1. The first-order valence-corrected chi connectivity index (χ1v) is 10.1. The van der Waals surface area contributed by atoms with Crippen LogP contribution in [-0.2, 0) is 11.3 Å². The molecule has 0 saturated heterocycles. The first kappa shape index (κ1) is 21.1. The molecule has 0 aliphatic heterocycles. The van der Waals surface area contributed by atoms with Crippen LogP contribution in [0.15, 0.2) is 53.3 Å². The molecule has 1 heterocycles. The summed E-state index contributed by atoms with van der Waals surface area (Å²) in [5.41, 5.74) is 3.39. The Bertz CT molecular complexity index is 1260. The molecule has 1 amide bonds. The smallest absolute Gasteiger partial charge is 0.269 e. The highest BCUT2D eigenvalue weighted by Crippen LogP contribution is 2.12. The molecular weight excluding hydrogens is 396 g/mol. The van der Waals surface area contributed by atoms with Gasteiger partial charge in [0, 0.05) is 31.5 Å². The molecule has 0 aliphatic rings. The van der Waals surface area contributed by atoms with E-state index in [9.17, 15) is 9.59 Å². The fourth-order valence-corrected chi connectivity index (χ4v) is 3.84. The molecule has 0 radical (unpaired) electrons. The van der Waals surface area contributed by atoms with Gasteiger partial charge in [0.1, 0.15) is 11.2 Å². The van der Waals surface area contributed by atoms with Crippen molar-refractivity contribution in [1.29, 1.82) is 5.26 Å². The number of hydrogen-bond donors (Lipinski definition) is 1. The molecule has 0 saturated carbocycles. The number of aromatic nitrogens is 1. The minimum Gasteiger partial charge on any atom is -0.378 e. The Balaban J connectivity index is 1.91. The number of nitrogens with one attached hydrogen (secondary N) is 1. The van der Waals surface area contributed by atoms with Crippen LogP contribution in [0.1, 0.15) is 11.1 Å². The summed E-state index contributed by atoms with van der Waals surface area (Å²) < 4.78 is 2.24. The summed E-state index contributed by atoms with van der Waals surface area (Å²) in [7, 11) is 3.92. The van der Waals surface area contributed by atoms with Gasteiger partial charge in [-0.2, -0.15) is 5.26 Å². The van der Waals surface area contributed by atoms with Crippen molar-refractivity contribution >= 4 is 40.8 Å². The molecule has 0 fully saturated rings. The van der Waals surface area contributed by atoms with Gasteiger partial charge in [-0.3, -0.25) is 14.2 Å². The van der Waals surface area contributed by atoms with Gasteiger partial charge in [-0.15, -0.1) is 11.3 Å². The van der Waals surface area contributed by atoms with Gasteiger partial charge in [-0.25, -0.2) is 0 Å². The second-order valence-electron chi connectivity index (χ2n) is 7.01. The number of nitrogens with zero attached hydrogens (tertiary/aromatic N) is 3. The van der Waals surface area contributed by atoms with Crippen LogP contribution in [0.3, 0.4) is 0 Å². The lowest BCUT2D eigenvalue weighted by molar-refractivity contribution is -0.116. The molecular formula is C23H22N4O2S. The topological polar surface area (TPSA) is 78.1 Å². The van der Waals surface area contributed by atoms with E-state index >= 15 is 0 Å². The Labute approximate surface area is 178 Å². The predicted octanol–water partition coefficient (Wildman–Crippen LogP) is 2.06. The highest BCUT2D eigenvalue weighted by molar-refractivity contribution is 7.07. The first-order valence-electron chi connectivity index (χ1n) is 9.32. The lowest BCUT2D eigenvalue weighted by Crippen LogP contribution is -2.35. The van der Waals surface area contributed by atoms with Gasteiger partial charge in [0.05, 0.1) is 10.6 Å². The molecule has 2 aromatic carbocycles. The summed E-state index contributed by atoms with van der Waals surface area (Å²) in [6.45, 7) is 1.80. The maximum atomic E-state index is 12.9. The number of hydrogen-bond acceptors (Lipinski definition) is 5. The monoisotopic (exact) mass is 418 g/mol. The number of amides is 1. The van der Waals surface area contributed by atoms with E-state index in [1.54, 1.807) is 6.08 Å². The van der Waals surface area contributed by atoms with E-state index in [0.29, 0.717) is 14.9 Å². The molecule has 1 aromatic heterocycles. The predicted molar refractivity (Wildman–Crippen MR) is 122 cm³/mol. The van der Waals surface area contributed by atoms with Crippen molar-refractivity contribution in [3.05, 3.63) is 79.2 Å². The Morgan fingerprint density at radius 1 is 1.17 bits per heavy atom. The third-order valence-electron chi connectivity index (χ3n) is 4.47. The Kier molecular flexibility index (Phi) is 6.50. The second-order valence-corrected chi connectivity index (χ2v) is 8.08. The van der Waals surface area contributed by atoms with E-state index in [0.717, 1.165) is 16.8 Å². The molecule has 7 heteroatoms. The van der Waals surface area contributed by atoms with Gasteiger partial charge in [-0.05, 0) is 42.8 Å². The SMILES string of the molecule is Cc1ccc(NC(=O)Cn2c(=CC#N)sc(=Cc3ccc(N(C)C)cc3)c2=O)cc1. The van der Waals surface area contributed by atoms with Crippen LogP contribution in [0.25, 0.3) is 12.2 Å². The maximum Gasteiger partial charge on any atom is 0.269 e. The van der Waals surface area contributed by atoms with Gasteiger partial charge < -0.3 is 10.2 Å². The number of benzene rings is 2. The molecule has 0 unspecified atom stereocenters. The van der Waals surface area contributed by atoms with Gasteiger partial charge in [0.25, 0.3) is 5.56 Å². The lowest BCUT2D eigenvalue weighted by atomic mass is 10.2. The maximum absolute atomic E-state index is 12.9. The minimum atomic E-state index is -0.326. The van der Waals surface area contributed by atoms with Crippen LogP contribution in [-0.4, -0.2) is 24.6 Å². The van der Waals surface area contributed by atoms with E-state index in [2.05, 4.69) is 5.32 Å².